The van der Waals surface area contributed by atoms with E-state index in [9.17, 15) is 14.0 Å². The number of halogens is 1. The summed E-state index contributed by atoms with van der Waals surface area (Å²) < 4.78 is 18.1. The van der Waals surface area contributed by atoms with E-state index in [0.717, 1.165) is 4.90 Å². The summed E-state index contributed by atoms with van der Waals surface area (Å²) in [6.45, 7) is 0.895. The molecular formula is C13H13FN2O3. The molecule has 19 heavy (non-hydrogen) atoms. The van der Waals surface area contributed by atoms with Gasteiger partial charge in [0.15, 0.2) is 0 Å². The fourth-order valence-corrected chi connectivity index (χ4v) is 2.50. The molecule has 100 valence electrons. The van der Waals surface area contributed by atoms with Crippen molar-refractivity contribution < 1.29 is 18.7 Å². The smallest absolute Gasteiger partial charge is 0.329 e. The second kappa shape index (κ2) is 4.31. The standard InChI is InChI=1S/C13H13FN2O3/c14-9-1-3-10(4-2-9)16-11(17)13(15-12(16)18)5-7-19-8-6-13/h1-4H,5-8H2,(H,15,18). The van der Waals surface area contributed by atoms with Crippen molar-refractivity contribution in [1.82, 2.24) is 5.32 Å². The van der Waals surface area contributed by atoms with Gasteiger partial charge in [0.2, 0.25) is 0 Å². The Morgan fingerprint density at radius 2 is 1.79 bits per heavy atom. The second-order valence-corrected chi connectivity index (χ2v) is 4.74. The molecule has 0 unspecified atom stereocenters. The number of imide groups is 1. The van der Waals surface area contributed by atoms with Crippen LogP contribution in [0.5, 0.6) is 0 Å². The number of amides is 3. The number of anilines is 1. The first kappa shape index (κ1) is 12.1. The molecule has 0 aromatic heterocycles. The Balaban J connectivity index is 1.92. The summed E-state index contributed by atoms with van der Waals surface area (Å²) in [6, 6.07) is 4.84. The highest BCUT2D eigenvalue weighted by atomic mass is 19.1. The zero-order valence-corrected chi connectivity index (χ0v) is 10.2. The summed E-state index contributed by atoms with van der Waals surface area (Å²) >= 11 is 0. The summed E-state index contributed by atoms with van der Waals surface area (Å²) in [7, 11) is 0. The van der Waals surface area contributed by atoms with Crippen LogP contribution in [0.15, 0.2) is 24.3 Å². The van der Waals surface area contributed by atoms with E-state index < -0.39 is 17.4 Å². The van der Waals surface area contributed by atoms with Crippen molar-refractivity contribution >= 4 is 17.6 Å². The average molecular weight is 264 g/mol. The number of hydrogen-bond acceptors (Lipinski definition) is 3. The van der Waals surface area contributed by atoms with Crippen LogP contribution in [-0.2, 0) is 9.53 Å². The van der Waals surface area contributed by atoms with Gasteiger partial charge in [-0.25, -0.2) is 14.1 Å². The Kier molecular flexibility index (Phi) is 2.74. The molecule has 1 N–H and O–H groups in total. The molecule has 0 radical (unpaired) electrons. The van der Waals surface area contributed by atoms with E-state index in [4.69, 9.17) is 4.74 Å². The van der Waals surface area contributed by atoms with Gasteiger partial charge < -0.3 is 10.1 Å². The SMILES string of the molecule is O=C1NC2(CCOCC2)C(=O)N1c1ccc(F)cc1. The fraction of sp³-hybridized carbons (Fsp3) is 0.385. The Labute approximate surface area is 109 Å². The number of rotatable bonds is 1. The third-order valence-electron chi connectivity index (χ3n) is 3.59. The average Bonchev–Trinajstić information content (AvgIpc) is 2.64. The molecule has 2 saturated heterocycles. The summed E-state index contributed by atoms with van der Waals surface area (Å²) in [5.74, 6) is -0.691. The minimum Gasteiger partial charge on any atom is -0.381 e. The number of ether oxygens (including phenoxy) is 1. The third-order valence-corrected chi connectivity index (χ3v) is 3.59. The van der Waals surface area contributed by atoms with E-state index in [1.807, 2.05) is 0 Å². The minimum absolute atomic E-state index is 0.285. The van der Waals surface area contributed by atoms with Crippen molar-refractivity contribution in [1.29, 1.82) is 0 Å². The van der Waals surface area contributed by atoms with Gasteiger partial charge in [-0.3, -0.25) is 4.79 Å². The lowest BCUT2D eigenvalue weighted by Gasteiger charge is -2.30. The lowest BCUT2D eigenvalue weighted by molar-refractivity contribution is -0.125. The summed E-state index contributed by atoms with van der Waals surface area (Å²) in [6.07, 6.45) is 0.935. The van der Waals surface area contributed by atoms with Crippen LogP contribution in [0, 0.1) is 5.82 Å². The number of nitrogens with zero attached hydrogens (tertiary/aromatic N) is 1. The monoisotopic (exact) mass is 264 g/mol. The second-order valence-electron chi connectivity index (χ2n) is 4.74. The van der Waals surface area contributed by atoms with E-state index in [2.05, 4.69) is 5.32 Å². The van der Waals surface area contributed by atoms with Gasteiger partial charge in [0.05, 0.1) is 5.69 Å². The van der Waals surface area contributed by atoms with Gasteiger partial charge in [-0.15, -0.1) is 0 Å². The lowest BCUT2D eigenvalue weighted by Crippen LogP contribution is -2.51. The minimum atomic E-state index is -0.857. The van der Waals surface area contributed by atoms with Crippen molar-refractivity contribution in [2.24, 2.45) is 0 Å². The molecule has 3 rings (SSSR count). The van der Waals surface area contributed by atoms with Crippen LogP contribution < -0.4 is 10.2 Å². The van der Waals surface area contributed by atoms with Gasteiger partial charge in [-0.1, -0.05) is 0 Å². The molecule has 0 saturated carbocycles. The van der Waals surface area contributed by atoms with Gasteiger partial charge in [-0.05, 0) is 24.3 Å². The largest absolute Gasteiger partial charge is 0.381 e. The van der Waals surface area contributed by atoms with Crippen molar-refractivity contribution in [2.75, 3.05) is 18.1 Å². The Hall–Kier alpha value is -1.95. The van der Waals surface area contributed by atoms with Gasteiger partial charge in [0.1, 0.15) is 11.4 Å². The van der Waals surface area contributed by atoms with Crippen LogP contribution in [0.2, 0.25) is 0 Å². The quantitative estimate of drug-likeness (QED) is 0.781. The predicted molar refractivity (Wildman–Crippen MR) is 65.2 cm³/mol. The molecule has 2 aliphatic heterocycles. The van der Waals surface area contributed by atoms with Crippen LogP contribution in [0.1, 0.15) is 12.8 Å². The molecule has 5 nitrogen and oxygen atoms in total. The zero-order valence-electron chi connectivity index (χ0n) is 10.2. The number of benzene rings is 1. The van der Waals surface area contributed by atoms with E-state index in [-0.39, 0.29) is 5.91 Å². The van der Waals surface area contributed by atoms with Crippen molar-refractivity contribution in [3.63, 3.8) is 0 Å². The van der Waals surface area contributed by atoms with Gasteiger partial charge >= 0.3 is 6.03 Å². The highest BCUT2D eigenvalue weighted by Crippen LogP contribution is 2.31. The Morgan fingerprint density at radius 1 is 1.16 bits per heavy atom. The van der Waals surface area contributed by atoms with Gasteiger partial charge in [-0.2, -0.15) is 0 Å². The van der Waals surface area contributed by atoms with Gasteiger partial charge in [0.25, 0.3) is 5.91 Å². The maximum absolute atomic E-state index is 12.9. The number of carbonyl (C=O) groups excluding carboxylic acids is 2. The van der Waals surface area contributed by atoms with Crippen LogP contribution in [0.4, 0.5) is 14.9 Å². The molecule has 0 atom stereocenters. The van der Waals surface area contributed by atoms with Gasteiger partial charge in [0, 0.05) is 26.1 Å². The molecule has 2 aliphatic rings. The van der Waals surface area contributed by atoms with Crippen molar-refractivity contribution in [2.45, 2.75) is 18.4 Å². The normalized spacial score (nSPS) is 21.8. The fourth-order valence-electron chi connectivity index (χ4n) is 2.50. The van der Waals surface area contributed by atoms with Crippen LogP contribution in [-0.4, -0.2) is 30.7 Å². The Bertz CT molecular complexity index is 523. The third kappa shape index (κ3) is 1.88. The van der Waals surface area contributed by atoms with Crippen molar-refractivity contribution in [3.05, 3.63) is 30.1 Å². The van der Waals surface area contributed by atoms with Crippen LogP contribution >= 0.6 is 0 Å². The van der Waals surface area contributed by atoms with Crippen LogP contribution in [0.25, 0.3) is 0 Å². The maximum Gasteiger partial charge on any atom is 0.329 e. The highest BCUT2D eigenvalue weighted by molar-refractivity contribution is 6.23. The van der Waals surface area contributed by atoms with Crippen molar-refractivity contribution in [3.8, 4) is 0 Å². The molecule has 1 aromatic rings. The summed E-state index contributed by atoms with van der Waals surface area (Å²) in [5, 5.41) is 2.75. The first-order valence-corrected chi connectivity index (χ1v) is 6.12. The predicted octanol–water partition coefficient (Wildman–Crippen LogP) is 1.43. The number of urea groups is 1. The maximum atomic E-state index is 12.9. The lowest BCUT2D eigenvalue weighted by atomic mass is 9.90. The topological polar surface area (TPSA) is 58.6 Å². The molecule has 2 heterocycles. The van der Waals surface area contributed by atoms with Crippen LogP contribution in [0.3, 0.4) is 0 Å². The zero-order chi connectivity index (χ0) is 13.5. The Morgan fingerprint density at radius 3 is 2.42 bits per heavy atom. The van der Waals surface area contributed by atoms with E-state index in [1.54, 1.807) is 0 Å². The first-order chi connectivity index (χ1) is 9.12. The van der Waals surface area contributed by atoms with E-state index in [0.29, 0.717) is 31.7 Å². The summed E-state index contributed by atoms with van der Waals surface area (Å²) in [5.41, 5.74) is -0.476. The molecule has 1 aromatic carbocycles. The number of hydrogen-bond donors (Lipinski definition) is 1. The molecule has 0 bridgehead atoms. The highest BCUT2D eigenvalue weighted by Gasteiger charge is 2.52. The molecular weight excluding hydrogens is 251 g/mol. The molecule has 0 aliphatic carbocycles. The summed E-state index contributed by atoms with van der Waals surface area (Å²) in [4.78, 5) is 25.5. The number of nitrogens with one attached hydrogen (secondary N) is 1. The number of carbonyl (C=O) groups is 2. The first-order valence-electron chi connectivity index (χ1n) is 6.12. The van der Waals surface area contributed by atoms with E-state index >= 15 is 0 Å². The van der Waals surface area contributed by atoms with E-state index in [1.165, 1.54) is 24.3 Å². The molecule has 1 spiro atoms. The molecule has 3 amide bonds. The molecule has 2 fully saturated rings. The molecule has 6 heteroatoms.